The fourth-order valence-corrected chi connectivity index (χ4v) is 3.36. The van der Waals surface area contributed by atoms with E-state index in [0.29, 0.717) is 0 Å². The average Bonchev–Trinajstić information content (AvgIpc) is 2.88. The van der Waals surface area contributed by atoms with Gasteiger partial charge in [-0.3, -0.25) is 4.79 Å². The quantitative estimate of drug-likeness (QED) is 0.892. The summed E-state index contributed by atoms with van der Waals surface area (Å²) in [5, 5.41) is 7.48. The molecule has 2 aromatic heterocycles. The molecule has 0 aliphatic carbocycles. The van der Waals surface area contributed by atoms with Crippen LogP contribution >= 0.6 is 11.3 Å². The molecule has 1 aliphatic rings. The third-order valence-corrected chi connectivity index (χ3v) is 4.56. The molecular formula is C14H19N5OS. The van der Waals surface area contributed by atoms with Crippen molar-refractivity contribution in [3.63, 3.8) is 0 Å². The molecule has 0 bridgehead atoms. The molecule has 1 aliphatic heterocycles. The van der Waals surface area contributed by atoms with E-state index < -0.39 is 0 Å². The molecular weight excluding hydrogens is 286 g/mol. The summed E-state index contributed by atoms with van der Waals surface area (Å²) in [6.45, 7) is 7.19. The van der Waals surface area contributed by atoms with Crippen molar-refractivity contribution < 1.29 is 4.79 Å². The van der Waals surface area contributed by atoms with Gasteiger partial charge in [-0.25, -0.2) is 9.97 Å². The van der Waals surface area contributed by atoms with Crippen molar-refractivity contribution in [1.29, 1.82) is 0 Å². The highest BCUT2D eigenvalue weighted by molar-refractivity contribution is 7.18. The topological polar surface area (TPSA) is 70.2 Å². The standard InChI is InChI=1S/C14H19N5OS/c1-9-7-11-12(16-8-17-13(11)21-9)18-10(2)14(20)19-5-3-15-4-6-19/h7-8,10,15H,3-6H2,1-2H3,(H,16,17,18). The van der Waals surface area contributed by atoms with E-state index in [4.69, 9.17) is 0 Å². The van der Waals surface area contributed by atoms with Crippen molar-refractivity contribution >= 4 is 33.3 Å². The van der Waals surface area contributed by atoms with E-state index in [9.17, 15) is 4.79 Å². The number of carbonyl (C=O) groups is 1. The molecule has 112 valence electrons. The van der Waals surface area contributed by atoms with Gasteiger partial charge in [0.25, 0.3) is 0 Å². The minimum absolute atomic E-state index is 0.121. The lowest BCUT2D eigenvalue weighted by atomic mass is 10.2. The molecule has 2 aromatic rings. The van der Waals surface area contributed by atoms with Crippen LogP contribution in [0.4, 0.5) is 5.82 Å². The lowest BCUT2D eigenvalue weighted by molar-refractivity contribution is -0.132. The predicted molar refractivity (Wildman–Crippen MR) is 84.7 cm³/mol. The number of fused-ring (bicyclic) bond motifs is 1. The van der Waals surface area contributed by atoms with Gasteiger partial charge in [-0.1, -0.05) is 0 Å². The summed E-state index contributed by atoms with van der Waals surface area (Å²) in [4.78, 5) is 25.0. The van der Waals surface area contributed by atoms with Gasteiger partial charge in [-0.05, 0) is 19.9 Å². The van der Waals surface area contributed by atoms with Gasteiger partial charge < -0.3 is 15.5 Å². The van der Waals surface area contributed by atoms with Crippen LogP contribution in [0.5, 0.6) is 0 Å². The van der Waals surface area contributed by atoms with Gasteiger partial charge in [0.05, 0.1) is 5.39 Å². The van der Waals surface area contributed by atoms with Crippen molar-refractivity contribution in [2.45, 2.75) is 19.9 Å². The normalized spacial score (nSPS) is 17.0. The highest BCUT2D eigenvalue weighted by Gasteiger charge is 2.22. The molecule has 0 aromatic carbocycles. The molecule has 1 unspecified atom stereocenters. The van der Waals surface area contributed by atoms with Gasteiger partial charge in [0.1, 0.15) is 23.0 Å². The summed E-state index contributed by atoms with van der Waals surface area (Å²) in [7, 11) is 0. The Balaban J connectivity index is 1.76. The zero-order valence-corrected chi connectivity index (χ0v) is 13.0. The number of nitrogens with zero attached hydrogens (tertiary/aromatic N) is 3. The van der Waals surface area contributed by atoms with Gasteiger partial charge in [-0.15, -0.1) is 11.3 Å². The number of rotatable bonds is 3. The third-order valence-electron chi connectivity index (χ3n) is 3.60. The van der Waals surface area contributed by atoms with E-state index in [1.807, 2.05) is 18.7 Å². The van der Waals surface area contributed by atoms with Crippen LogP contribution in [0.2, 0.25) is 0 Å². The monoisotopic (exact) mass is 305 g/mol. The van der Waals surface area contributed by atoms with Gasteiger partial charge in [0.2, 0.25) is 5.91 Å². The van der Waals surface area contributed by atoms with E-state index in [2.05, 4.69) is 26.7 Å². The van der Waals surface area contributed by atoms with Gasteiger partial charge in [0, 0.05) is 31.1 Å². The first-order valence-corrected chi connectivity index (χ1v) is 7.94. The number of carbonyl (C=O) groups excluding carboxylic acids is 1. The summed E-state index contributed by atoms with van der Waals surface area (Å²) in [6, 6.07) is 1.77. The van der Waals surface area contributed by atoms with Crippen LogP contribution in [0.25, 0.3) is 10.2 Å². The second-order valence-corrected chi connectivity index (χ2v) is 6.47. The molecule has 1 atom stereocenters. The molecule has 0 saturated carbocycles. The summed E-state index contributed by atoms with van der Waals surface area (Å²) in [5.74, 6) is 0.857. The zero-order valence-electron chi connectivity index (χ0n) is 12.2. The Morgan fingerprint density at radius 1 is 1.43 bits per heavy atom. The minimum Gasteiger partial charge on any atom is -0.358 e. The zero-order chi connectivity index (χ0) is 14.8. The minimum atomic E-state index is -0.290. The molecule has 1 amide bonds. The Kier molecular flexibility index (Phi) is 4.03. The van der Waals surface area contributed by atoms with Crippen LogP contribution < -0.4 is 10.6 Å². The third kappa shape index (κ3) is 2.98. The second-order valence-electron chi connectivity index (χ2n) is 5.24. The van der Waals surface area contributed by atoms with Gasteiger partial charge in [0.15, 0.2) is 0 Å². The molecule has 2 N–H and O–H groups in total. The number of hydrogen-bond donors (Lipinski definition) is 2. The Morgan fingerprint density at radius 3 is 2.95 bits per heavy atom. The maximum atomic E-state index is 12.4. The van der Waals surface area contributed by atoms with Crippen molar-refractivity contribution in [2.75, 3.05) is 31.5 Å². The number of thiophene rings is 1. The fourth-order valence-electron chi connectivity index (χ4n) is 2.52. The lowest BCUT2D eigenvalue weighted by Gasteiger charge is -2.30. The summed E-state index contributed by atoms with van der Waals surface area (Å²) >= 11 is 1.64. The van der Waals surface area contributed by atoms with Crippen LogP contribution in [-0.2, 0) is 4.79 Å². The average molecular weight is 305 g/mol. The molecule has 1 fully saturated rings. The Morgan fingerprint density at radius 2 is 2.19 bits per heavy atom. The molecule has 3 heterocycles. The van der Waals surface area contributed by atoms with E-state index in [1.54, 1.807) is 17.7 Å². The first-order valence-electron chi connectivity index (χ1n) is 7.12. The molecule has 0 radical (unpaired) electrons. The Hall–Kier alpha value is -1.73. The van der Waals surface area contributed by atoms with Crippen LogP contribution in [0.3, 0.4) is 0 Å². The van der Waals surface area contributed by atoms with Gasteiger partial charge >= 0.3 is 0 Å². The molecule has 21 heavy (non-hydrogen) atoms. The number of hydrogen-bond acceptors (Lipinski definition) is 6. The van der Waals surface area contributed by atoms with Crippen LogP contribution in [0, 0.1) is 6.92 Å². The maximum absolute atomic E-state index is 12.4. The number of amides is 1. The van der Waals surface area contributed by atoms with Gasteiger partial charge in [-0.2, -0.15) is 0 Å². The second kappa shape index (κ2) is 5.95. The van der Waals surface area contributed by atoms with Crippen molar-refractivity contribution in [1.82, 2.24) is 20.2 Å². The Bertz CT molecular complexity index is 650. The first-order chi connectivity index (χ1) is 10.1. The van der Waals surface area contributed by atoms with Crippen LogP contribution in [0.1, 0.15) is 11.8 Å². The van der Waals surface area contributed by atoms with E-state index in [1.165, 1.54) is 4.88 Å². The Labute approximate surface area is 127 Å². The molecule has 1 saturated heterocycles. The maximum Gasteiger partial charge on any atom is 0.244 e. The number of piperazine rings is 1. The summed E-state index contributed by atoms with van der Waals surface area (Å²) < 4.78 is 0. The van der Waals surface area contributed by atoms with E-state index in [-0.39, 0.29) is 11.9 Å². The van der Waals surface area contributed by atoms with Crippen LogP contribution in [0.15, 0.2) is 12.4 Å². The summed E-state index contributed by atoms with van der Waals surface area (Å²) in [6.07, 6.45) is 1.54. The van der Waals surface area contributed by atoms with Crippen molar-refractivity contribution in [3.8, 4) is 0 Å². The van der Waals surface area contributed by atoms with E-state index >= 15 is 0 Å². The number of nitrogens with one attached hydrogen (secondary N) is 2. The van der Waals surface area contributed by atoms with E-state index in [0.717, 1.165) is 42.2 Å². The number of aryl methyl sites for hydroxylation is 1. The molecule has 0 spiro atoms. The highest BCUT2D eigenvalue weighted by atomic mass is 32.1. The first kappa shape index (κ1) is 14.2. The summed E-state index contributed by atoms with van der Waals surface area (Å²) in [5.41, 5.74) is 0. The molecule has 3 rings (SSSR count). The van der Waals surface area contributed by atoms with Crippen molar-refractivity contribution in [2.24, 2.45) is 0 Å². The molecule has 7 heteroatoms. The fraction of sp³-hybridized carbons (Fsp3) is 0.500. The largest absolute Gasteiger partial charge is 0.358 e. The lowest BCUT2D eigenvalue weighted by Crippen LogP contribution is -2.50. The predicted octanol–water partition coefficient (Wildman–Crippen LogP) is 1.23. The number of anilines is 1. The van der Waals surface area contributed by atoms with Crippen LogP contribution in [-0.4, -0.2) is 53.0 Å². The van der Waals surface area contributed by atoms with Crippen molar-refractivity contribution in [3.05, 3.63) is 17.3 Å². The number of aromatic nitrogens is 2. The molecule has 6 nitrogen and oxygen atoms in total. The smallest absolute Gasteiger partial charge is 0.244 e. The SMILES string of the molecule is Cc1cc2c(NC(C)C(=O)N3CCNCC3)ncnc2s1. The highest BCUT2D eigenvalue weighted by Crippen LogP contribution is 2.27.